The fourth-order valence-electron chi connectivity index (χ4n) is 0.721. The van der Waals surface area contributed by atoms with Crippen molar-refractivity contribution < 1.29 is 9.59 Å². The lowest BCUT2D eigenvalue weighted by molar-refractivity contribution is -0.121. The zero-order valence-electron chi connectivity index (χ0n) is 6.45. The molecule has 0 aromatic heterocycles. The van der Waals surface area contributed by atoms with Crippen LogP contribution in [0.1, 0.15) is 19.3 Å². The van der Waals surface area contributed by atoms with Crippen LogP contribution in [0, 0.1) is 0 Å². The zero-order valence-corrected chi connectivity index (χ0v) is 6.45. The first-order valence-corrected chi connectivity index (χ1v) is 3.60. The number of carbonyl (C=O) groups excluding carboxylic acids is 2. The Kier molecular flexibility index (Phi) is 4.65. The molecule has 0 fully saturated rings. The van der Waals surface area contributed by atoms with Gasteiger partial charge in [-0.15, -0.1) is 0 Å². The van der Waals surface area contributed by atoms with Gasteiger partial charge in [0.2, 0.25) is 0 Å². The van der Waals surface area contributed by atoms with E-state index in [1.807, 2.05) is 0 Å². The minimum atomic E-state index is -1.28. The second-order valence-corrected chi connectivity index (χ2v) is 2.59. The maximum absolute atomic E-state index is 10.3. The average molecular weight is 158 g/mol. The summed E-state index contributed by atoms with van der Waals surface area (Å²) in [5, 5.41) is 0. The third kappa shape index (κ3) is 3.85. The molecule has 4 nitrogen and oxygen atoms in total. The molecule has 0 heterocycles. The predicted molar refractivity (Wildman–Crippen MR) is 42.0 cm³/mol. The molecule has 0 amide bonds. The number of aldehydes is 2. The van der Waals surface area contributed by atoms with Crippen LogP contribution in [-0.4, -0.2) is 24.7 Å². The van der Waals surface area contributed by atoms with E-state index in [2.05, 4.69) is 0 Å². The number of unbranched alkanes of at least 4 members (excludes halogenated alkanes) is 1. The van der Waals surface area contributed by atoms with Gasteiger partial charge in [-0.05, 0) is 25.8 Å². The van der Waals surface area contributed by atoms with Crippen molar-refractivity contribution in [2.75, 3.05) is 6.54 Å². The number of hydrogen-bond acceptors (Lipinski definition) is 4. The van der Waals surface area contributed by atoms with E-state index in [9.17, 15) is 9.59 Å². The van der Waals surface area contributed by atoms with Crippen LogP contribution in [0.4, 0.5) is 0 Å². The first-order valence-electron chi connectivity index (χ1n) is 3.60. The molecule has 0 aliphatic rings. The summed E-state index contributed by atoms with van der Waals surface area (Å²) in [6.45, 7) is 0.563. The molecule has 0 unspecified atom stereocenters. The van der Waals surface area contributed by atoms with E-state index < -0.39 is 5.54 Å². The van der Waals surface area contributed by atoms with Gasteiger partial charge in [0.25, 0.3) is 0 Å². The molecule has 0 aromatic carbocycles. The van der Waals surface area contributed by atoms with E-state index in [0.717, 1.165) is 6.42 Å². The van der Waals surface area contributed by atoms with Gasteiger partial charge >= 0.3 is 0 Å². The topological polar surface area (TPSA) is 86.2 Å². The third-order valence-electron chi connectivity index (χ3n) is 1.50. The molecule has 11 heavy (non-hydrogen) atoms. The van der Waals surface area contributed by atoms with Gasteiger partial charge in [0, 0.05) is 0 Å². The summed E-state index contributed by atoms with van der Waals surface area (Å²) in [4.78, 5) is 20.5. The number of carbonyl (C=O) groups is 2. The summed E-state index contributed by atoms with van der Waals surface area (Å²) >= 11 is 0. The van der Waals surface area contributed by atoms with Gasteiger partial charge in [-0.25, -0.2) is 0 Å². The van der Waals surface area contributed by atoms with Crippen molar-refractivity contribution in [2.24, 2.45) is 11.5 Å². The predicted octanol–water partition coefficient (Wildman–Crippen LogP) is -0.789. The van der Waals surface area contributed by atoms with Crippen LogP contribution in [0.5, 0.6) is 0 Å². The van der Waals surface area contributed by atoms with Crippen molar-refractivity contribution in [1.29, 1.82) is 0 Å². The smallest absolute Gasteiger partial charge is 0.147 e. The second kappa shape index (κ2) is 4.98. The van der Waals surface area contributed by atoms with Gasteiger partial charge in [-0.3, -0.25) is 0 Å². The van der Waals surface area contributed by atoms with Crippen molar-refractivity contribution in [3.63, 3.8) is 0 Å². The highest BCUT2D eigenvalue weighted by molar-refractivity contribution is 5.88. The van der Waals surface area contributed by atoms with E-state index in [4.69, 9.17) is 11.5 Å². The van der Waals surface area contributed by atoms with Crippen LogP contribution in [0.15, 0.2) is 0 Å². The van der Waals surface area contributed by atoms with Crippen LogP contribution < -0.4 is 11.5 Å². The molecule has 4 heteroatoms. The largest absolute Gasteiger partial charge is 0.330 e. The third-order valence-corrected chi connectivity index (χ3v) is 1.50. The molecule has 0 radical (unpaired) electrons. The van der Waals surface area contributed by atoms with Crippen LogP contribution >= 0.6 is 0 Å². The first-order chi connectivity index (χ1) is 5.18. The Morgan fingerprint density at radius 3 is 2.09 bits per heavy atom. The summed E-state index contributed by atoms with van der Waals surface area (Å²) in [6, 6.07) is 0. The highest BCUT2D eigenvalue weighted by atomic mass is 16.1. The van der Waals surface area contributed by atoms with Gasteiger partial charge in [-0.1, -0.05) is 0 Å². The monoisotopic (exact) mass is 158 g/mol. The van der Waals surface area contributed by atoms with Crippen molar-refractivity contribution in [2.45, 2.75) is 24.8 Å². The molecular formula is C7H14N2O2. The Morgan fingerprint density at radius 2 is 1.73 bits per heavy atom. The van der Waals surface area contributed by atoms with E-state index in [0.29, 0.717) is 32.0 Å². The van der Waals surface area contributed by atoms with Crippen molar-refractivity contribution in [3.05, 3.63) is 0 Å². The van der Waals surface area contributed by atoms with E-state index in [1.54, 1.807) is 0 Å². The molecule has 0 spiro atoms. The molecular weight excluding hydrogens is 144 g/mol. The molecule has 0 atom stereocenters. The van der Waals surface area contributed by atoms with E-state index >= 15 is 0 Å². The number of nitrogens with two attached hydrogens (primary N) is 2. The van der Waals surface area contributed by atoms with Crippen LogP contribution in [0.25, 0.3) is 0 Å². The summed E-state index contributed by atoms with van der Waals surface area (Å²) in [7, 11) is 0. The Morgan fingerprint density at radius 1 is 1.18 bits per heavy atom. The minimum absolute atomic E-state index is 0.386. The molecule has 0 saturated carbocycles. The molecule has 0 rings (SSSR count). The van der Waals surface area contributed by atoms with E-state index in [1.165, 1.54) is 0 Å². The van der Waals surface area contributed by atoms with Crippen molar-refractivity contribution >= 4 is 12.6 Å². The molecule has 0 aromatic rings. The maximum Gasteiger partial charge on any atom is 0.147 e. The molecule has 4 N–H and O–H groups in total. The number of rotatable bonds is 6. The second-order valence-electron chi connectivity index (χ2n) is 2.59. The lowest BCUT2D eigenvalue weighted by atomic mass is 9.97. The standard InChI is InChI=1S/C7H14N2O2/c8-4-2-1-3-7(9,5-10)6-11/h5-6H,1-4,8-9H2. The molecule has 0 bridgehead atoms. The SMILES string of the molecule is NCCCCC(N)(C=O)C=O. The first kappa shape index (κ1) is 10.3. The van der Waals surface area contributed by atoms with Gasteiger partial charge in [0.1, 0.15) is 18.1 Å². The quantitative estimate of drug-likeness (QED) is 0.301. The van der Waals surface area contributed by atoms with Crippen LogP contribution in [0.2, 0.25) is 0 Å². The average Bonchev–Trinajstić information content (AvgIpc) is 2.05. The fourth-order valence-corrected chi connectivity index (χ4v) is 0.721. The lowest BCUT2D eigenvalue weighted by Crippen LogP contribution is -2.43. The maximum atomic E-state index is 10.3. The number of hydrogen-bond donors (Lipinski definition) is 2. The molecule has 0 aliphatic carbocycles. The molecule has 0 aliphatic heterocycles. The highest BCUT2D eigenvalue weighted by Gasteiger charge is 2.21. The Balaban J connectivity index is 3.69. The summed E-state index contributed by atoms with van der Waals surface area (Å²) in [5.74, 6) is 0. The Hall–Kier alpha value is -0.740. The van der Waals surface area contributed by atoms with Crippen LogP contribution in [0.3, 0.4) is 0 Å². The Bertz CT molecular complexity index is 128. The van der Waals surface area contributed by atoms with Gasteiger partial charge in [-0.2, -0.15) is 0 Å². The summed E-state index contributed by atoms with van der Waals surface area (Å²) < 4.78 is 0. The fraction of sp³-hybridized carbons (Fsp3) is 0.714. The summed E-state index contributed by atoms with van der Waals surface area (Å²) in [6.07, 6.45) is 2.86. The van der Waals surface area contributed by atoms with Gasteiger partial charge in [0.05, 0.1) is 0 Å². The van der Waals surface area contributed by atoms with Gasteiger partial charge in [0.15, 0.2) is 0 Å². The van der Waals surface area contributed by atoms with E-state index in [-0.39, 0.29) is 0 Å². The summed E-state index contributed by atoms with van der Waals surface area (Å²) in [5.41, 5.74) is 9.30. The Labute approximate surface area is 65.9 Å². The highest BCUT2D eigenvalue weighted by Crippen LogP contribution is 2.04. The molecule has 0 saturated heterocycles. The van der Waals surface area contributed by atoms with Crippen molar-refractivity contribution in [1.82, 2.24) is 0 Å². The zero-order chi connectivity index (χ0) is 8.74. The van der Waals surface area contributed by atoms with Crippen molar-refractivity contribution in [3.8, 4) is 0 Å². The molecule has 64 valence electrons. The van der Waals surface area contributed by atoms with Crippen LogP contribution in [-0.2, 0) is 9.59 Å². The minimum Gasteiger partial charge on any atom is -0.330 e. The lowest BCUT2D eigenvalue weighted by Gasteiger charge is -2.13. The normalized spacial score (nSPS) is 11.1. The van der Waals surface area contributed by atoms with Gasteiger partial charge < -0.3 is 21.1 Å².